The van der Waals surface area contributed by atoms with E-state index in [4.69, 9.17) is 4.74 Å². The quantitative estimate of drug-likeness (QED) is 0.885. The van der Waals surface area contributed by atoms with Gasteiger partial charge in [0.05, 0.1) is 12.3 Å². The topological polar surface area (TPSA) is 59.4 Å². The molecule has 1 aromatic heterocycles. The van der Waals surface area contributed by atoms with Crippen LogP contribution in [0.15, 0.2) is 6.20 Å². The summed E-state index contributed by atoms with van der Waals surface area (Å²) in [5, 5.41) is 8.22. The van der Waals surface area contributed by atoms with E-state index in [-0.39, 0.29) is 12.0 Å². The summed E-state index contributed by atoms with van der Waals surface area (Å²) < 4.78 is 7.65. The lowest BCUT2D eigenvalue weighted by Crippen LogP contribution is -2.33. The molecule has 0 bridgehead atoms. The van der Waals surface area contributed by atoms with Crippen molar-refractivity contribution in [1.82, 2.24) is 20.0 Å². The molecule has 0 radical (unpaired) electrons. The van der Waals surface area contributed by atoms with Gasteiger partial charge in [0.15, 0.2) is 0 Å². The minimum Gasteiger partial charge on any atom is -0.370 e. The highest BCUT2D eigenvalue weighted by atomic mass is 16.5. The average Bonchev–Trinajstić information content (AvgIpc) is 3.13. The number of carbonyl (C=O) groups is 1. The average molecular weight is 306 g/mol. The maximum absolute atomic E-state index is 11.8. The van der Waals surface area contributed by atoms with Gasteiger partial charge in [0.25, 0.3) is 0 Å². The molecule has 0 spiro atoms. The molecule has 1 fully saturated rings. The second-order valence-electron chi connectivity index (χ2n) is 6.52. The van der Waals surface area contributed by atoms with E-state index in [2.05, 4.69) is 10.4 Å². The molecule has 2 heterocycles. The predicted molar refractivity (Wildman–Crippen MR) is 83.6 cm³/mol. The normalized spacial score (nSPS) is 21.8. The number of nitrogens with one attached hydrogen (secondary N) is 1. The number of likely N-dealkylation sites (N-methyl/N-ethyl adjacent to an activating group) is 1. The molecule has 6 heteroatoms. The highest BCUT2D eigenvalue weighted by Gasteiger charge is 2.26. The molecule has 2 aliphatic rings. The Morgan fingerprint density at radius 2 is 2.23 bits per heavy atom. The van der Waals surface area contributed by atoms with Crippen LogP contribution < -0.4 is 5.32 Å². The Bertz CT molecular complexity index is 520. The van der Waals surface area contributed by atoms with Crippen LogP contribution in [0, 0.1) is 0 Å². The molecule has 22 heavy (non-hydrogen) atoms. The van der Waals surface area contributed by atoms with E-state index in [1.807, 2.05) is 6.20 Å². The highest BCUT2D eigenvalue weighted by Crippen LogP contribution is 2.26. The largest absolute Gasteiger partial charge is 0.370 e. The van der Waals surface area contributed by atoms with E-state index < -0.39 is 0 Å². The van der Waals surface area contributed by atoms with Gasteiger partial charge in [0.1, 0.15) is 12.6 Å². The number of fused-ring (bicyclic) bond motifs is 1. The lowest BCUT2D eigenvalue weighted by atomic mass is 10.1. The number of nitrogens with zero attached hydrogens (tertiary/aromatic N) is 3. The fraction of sp³-hybridized carbons (Fsp3) is 0.750. The number of ether oxygens (including phenoxy) is 1. The van der Waals surface area contributed by atoms with Gasteiger partial charge in [-0.3, -0.25) is 9.48 Å². The first-order valence-electron chi connectivity index (χ1n) is 8.25. The van der Waals surface area contributed by atoms with Gasteiger partial charge in [-0.1, -0.05) is 12.8 Å². The Hall–Kier alpha value is -1.40. The summed E-state index contributed by atoms with van der Waals surface area (Å²) in [6, 6.07) is 0.631. The second kappa shape index (κ2) is 6.79. The summed E-state index contributed by atoms with van der Waals surface area (Å²) in [5.74, 6) is 0.0568. The number of carbonyl (C=O) groups excluding carboxylic acids is 1. The number of rotatable bonds is 5. The van der Waals surface area contributed by atoms with E-state index in [0.717, 1.165) is 25.3 Å². The maximum atomic E-state index is 11.8. The Balaban J connectivity index is 1.64. The number of amides is 1. The summed E-state index contributed by atoms with van der Waals surface area (Å²) in [6.45, 7) is 1.84. The first-order valence-corrected chi connectivity index (χ1v) is 8.25. The van der Waals surface area contributed by atoms with E-state index in [1.165, 1.54) is 31.2 Å². The van der Waals surface area contributed by atoms with Crippen molar-refractivity contribution in [2.75, 3.05) is 27.2 Å². The fourth-order valence-electron chi connectivity index (χ4n) is 3.25. The standard InChI is InChI=1S/C16H26N4O2/c1-19(2)15(21)11-20-10-12-7-8-22-14(16(12)18-20)9-17-13-5-3-4-6-13/h10,13-14,17H,3-9,11H2,1-2H3. The Morgan fingerprint density at radius 1 is 1.45 bits per heavy atom. The van der Waals surface area contributed by atoms with Crippen molar-refractivity contribution >= 4 is 5.91 Å². The molecule has 1 unspecified atom stereocenters. The molecule has 1 amide bonds. The molecule has 0 aromatic carbocycles. The van der Waals surface area contributed by atoms with Crippen LogP contribution in [0.2, 0.25) is 0 Å². The maximum Gasteiger partial charge on any atom is 0.243 e. The summed E-state index contributed by atoms with van der Waals surface area (Å²) in [4.78, 5) is 13.4. The molecular weight excluding hydrogens is 280 g/mol. The molecule has 0 saturated heterocycles. The zero-order valence-corrected chi connectivity index (χ0v) is 13.5. The van der Waals surface area contributed by atoms with Crippen LogP contribution in [0.5, 0.6) is 0 Å². The van der Waals surface area contributed by atoms with Crippen LogP contribution >= 0.6 is 0 Å². The first kappa shape index (κ1) is 15.5. The molecule has 1 N–H and O–H groups in total. The van der Waals surface area contributed by atoms with Gasteiger partial charge in [0.2, 0.25) is 5.91 Å². The van der Waals surface area contributed by atoms with Crippen molar-refractivity contribution in [2.45, 2.75) is 50.8 Å². The van der Waals surface area contributed by atoms with Crippen LogP contribution in [0.4, 0.5) is 0 Å². The minimum atomic E-state index is 0.0139. The van der Waals surface area contributed by atoms with Crippen LogP contribution in [0.25, 0.3) is 0 Å². The molecule has 3 rings (SSSR count). The number of hydrogen-bond donors (Lipinski definition) is 1. The number of hydrogen-bond acceptors (Lipinski definition) is 4. The third-order valence-corrected chi connectivity index (χ3v) is 4.61. The van der Waals surface area contributed by atoms with Gasteiger partial charge in [-0.2, -0.15) is 5.10 Å². The molecule has 1 atom stereocenters. The third-order valence-electron chi connectivity index (χ3n) is 4.61. The van der Waals surface area contributed by atoms with E-state index >= 15 is 0 Å². The highest BCUT2D eigenvalue weighted by molar-refractivity contribution is 5.75. The van der Waals surface area contributed by atoms with Gasteiger partial charge in [-0.15, -0.1) is 0 Å². The van der Waals surface area contributed by atoms with Crippen LogP contribution in [-0.4, -0.2) is 53.9 Å². The van der Waals surface area contributed by atoms with Gasteiger partial charge < -0.3 is 15.0 Å². The van der Waals surface area contributed by atoms with Crippen molar-refractivity contribution in [2.24, 2.45) is 0 Å². The van der Waals surface area contributed by atoms with E-state index in [1.54, 1.807) is 23.7 Å². The van der Waals surface area contributed by atoms with Gasteiger partial charge in [-0.25, -0.2) is 0 Å². The Morgan fingerprint density at radius 3 is 2.95 bits per heavy atom. The summed E-state index contributed by atoms with van der Waals surface area (Å²) >= 11 is 0. The van der Waals surface area contributed by atoms with Crippen molar-refractivity contribution in [1.29, 1.82) is 0 Å². The third kappa shape index (κ3) is 3.50. The fourth-order valence-corrected chi connectivity index (χ4v) is 3.25. The monoisotopic (exact) mass is 306 g/mol. The van der Waals surface area contributed by atoms with Gasteiger partial charge in [-0.05, 0) is 24.8 Å². The summed E-state index contributed by atoms with van der Waals surface area (Å²) in [5.41, 5.74) is 2.22. The smallest absolute Gasteiger partial charge is 0.243 e. The Kier molecular flexibility index (Phi) is 4.78. The van der Waals surface area contributed by atoms with Crippen LogP contribution in [-0.2, 0) is 22.5 Å². The molecule has 1 aliphatic carbocycles. The predicted octanol–water partition coefficient (Wildman–Crippen LogP) is 1.12. The zero-order chi connectivity index (χ0) is 15.5. The van der Waals surface area contributed by atoms with Crippen molar-refractivity contribution in [3.05, 3.63) is 17.5 Å². The van der Waals surface area contributed by atoms with Crippen molar-refractivity contribution < 1.29 is 9.53 Å². The van der Waals surface area contributed by atoms with E-state index in [0.29, 0.717) is 12.6 Å². The second-order valence-corrected chi connectivity index (χ2v) is 6.52. The molecule has 6 nitrogen and oxygen atoms in total. The van der Waals surface area contributed by atoms with Crippen LogP contribution in [0.3, 0.4) is 0 Å². The zero-order valence-electron chi connectivity index (χ0n) is 13.5. The van der Waals surface area contributed by atoms with Gasteiger partial charge >= 0.3 is 0 Å². The summed E-state index contributed by atoms with van der Waals surface area (Å²) in [6.07, 6.45) is 8.09. The van der Waals surface area contributed by atoms with Crippen LogP contribution in [0.1, 0.15) is 43.0 Å². The molecule has 1 aromatic rings. The SMILES string of the molecule is CN(C)C(=O)Cn1cc2c(n1)C(CNC1CCCC1)OCC2. The Labute approximate surface area is 131 Å². The number of aromatic nitrogens is 2. The van der Waals surface area contributed by atoms with Crippen molar-refractivity contribution in [3.63, 3.8) is 0 Å². The summed E-state index contributed by atoms with van der Waals surface area (Å²) in [7, 11) is 3.53. The van der Waals surface area contributed by atoms with Gasteiger partial charge in [0, 0.05) is 32.9 Å². The lowest BCUT2D eigenvalue weighted by Gasteiger charge is -2.24. The van der Waals surface area contributed by atoms with Crippen molar-refractivity contribution in [3.8, 4) is 0 Å². The molecule has 122 valence electrons. The molecular formula is C16H26N4O2. The minimum absolute atomic E-state index is 0.0139. The molecule has 1 aliphatic heterocycles. The lowest BCUT2D eigenvalue weighted by molar-refractivity contribution is -0.129. The molecule has 1 saturated carbocycles. The first-order chi connectivity index (χ1) is 10.6. The van der Waals surface area contributed by atoms with E-state index in [9.17, 15) is 4.79 Å².